The van der Waals surface area contributed by atoms with Gasteiger partial charge in [0, 0.05) is 23.7 Å². The van der Waals surface area contributed by atoms with Gasteiger partial charge < -0.3 is 15.2 Å². The molecule has 0 spiro atoms. The van der Waals surface area contributed by atoms with Crippen LogP contribution in [0.1, 0.15) is 60.2 Å². The van der Waals surface area contributed by atoms with Crippen LogP contribution in [0.15, 0.2) is 22.7 Å². The largest absolute Gasteiger partial charge is 0.376 e. The fraction of sp³-hybridized carbons (Fsp3) is 0.500. The van der Waals surface area contributed by atoms with Crippen LogP contribution in [0.25, 0.3) is 0 Å². The summed E-state index contributed by atoms with van der Waals surface area (Å²) in [6.45, 7) is 7.29. The van der Waals surface area contributed by atoms with Gasteiger partial charge in [0.25, 0.3) is 5.91 Å². The van der Waals surface area contributed by atoms with Crippen LogP contribution >= 0.6 is 0 Å². The number of carbonyl (C=O) groups is 1. The molecule has 0 bridgehead atoms. The van der Waals surface area contributed by atoms with Gasteiger partial charge in [-0.1, -0.05) is 19.0 Å². The van der Waals surface area contributed by atoms with E-state index in [0.717, 1.165) is 29.9 Å². The van der Waals surface area contributed by atoms with Gasteiger partial charge in [0.2, 0.25) is 5.89 Å². The quantitative estimate of drug-likeness (QED) is 0.815. The smallest absolute Gasteiger partial charge is 0.251 e. The fourth-order valence-electron chi connectivity index (χ4n) is 2.42. The van der Waals surface area contributed by atoms with E-state index in [1.165, 1.54) is 0 Å². The van der Waals surface area contributed by atoms with E-state index in [0.29, 0.717) is 36.4 Å². The highest BCUT2D eigenvalue weighted by Crippen LogP contribution is 2.38. The van der Waals surface area contributed by atoms with Gasteiger partial charge in [0.15, 0.2) is 5.82 Å². The summed E-state index contributed by atoms with van der Waals surface area (Å²) < 4.78 is 5.26. The van der Waals surface area contributed by atoms with Crippen molar-refractivity contribution in [2.75, 3.05) is 11.9 Å². The van der Waals surface area contributed by atoms with Crippen molar-refractivity contribution in [3.05, 3.63) is 41.0 Å². The van der Waals surface area contributed by atoms with Crippen molar-refractivity contribution in [3.8, 4) is 0 Å². The summed E-state index contributed by atoms with van der Waals surface area (Å²) in [5.41, 5.74) is 2.64. The lowest BCUT2D eigenvalue weighted by Gasteiger charge is -2.11. The monoisotopic (exact) mass is 328 g/mol. The van der Waals surface area contributed by atoms with Crippen LogP contribution in [0.3, 0.4) is 0 Å². The number of amides is 1. The van der Waals surface area contributed by atoms with Crippen molar-refractivity contribution in [2.24, 2.45) is 5.92 Å². The normalized spacial score (nSPS) is 14.0. The minimum Gasteiger partial charge on any atom is -0.376 e. The Hall–Kier alpha value is -2.37. The Morgan fingerprint density at radius 1 is 1.38 bits per heavy atom. The average molecular weight is 328 g/mol. The van der Waals surface area contributed by atoms with Gasteiger partial charge in [0.05, 0.1) is 6.54 Å². The molecule has 2 aromatic rings. The molecule has 2 N–H and O–H groups in total. The molecule has 0 atom stereocenters. The lowest BCUT2D eigenvalue weighted by molar-refractivity contribution is 0.0949. The summed E-state index contributed by atoms with van der Waals surface area (Å²) in [6, 6.07) is 5.63. The second-order valence-electron chi connectivity index (χ2n) is 6.81. The maximum Gasteiger partial charge on any atom is 0.251 e. The molecule has 1 amide bonds. The van der Waals surface area contributed by atoms with Crippen molar-refractivity contribution in [1.29, 1.82) is 0 Å². The number of hydrogen-bond donors (Lipinski definition) is 2. The van der Waals surface area contributed by atoms with Crippen molar-refractivity contribution in [1.82, 2.24) is 15.5 Å². The molecule has 0 aliphatic heterocycles. The molecule has 24 heavy (non-hydrogen) atoms. The van der Waals surface area contributed by atoms with E-state index in [2.05, 4.69) is 34.6 Å². The maximum atomic E-state index is 12.1. The molecule has 0 saturated heterocycles. The van der Waals surface area contributed by atoms with Crippen LogP contribution in [0.5, 0.6) is 0 Å². The summed E-state index contributed by atoms with van der Waals surface area (Å²) >= 11 is 0. The number of carbonyl (C=O) groups excluding carboxylic acids is 1. The predicted molar refractivity (Wildman–Crippen MR) is 91.9 cm³/mol. The highest BCUT2D eigenvalue weighted by molar-refractivity contribution is 5.94. The molecular weight excluding hydrogens is 304 g/mol. The number of nitrogens with one attached hydrogen (secondary N) is 2. The molecule has 1 fully saturated rings. The summed E-state index contributed by atoms with van der Waals surface area (Å²) in [5.74, 6) is 2.30. The Kier molecular flexibility index (Phi) is 4.83. The van der Waals surface area contributed by atoms with E-state index in [9.17, 15) is 4.79 Å². The third-order valence-corrected chi connectivity index (χ3v) is 4.02. The molecule has 0 radical (unpaired) electrons. The van der Waals surface area contributed by atoms with Crippen molar-refractivity contribution in [2.45, 2.75) is 46.1 Å². The van der Waals surface area contributed by atoms with Gasteiger partial charge in [-0.2, -0.15) is 4.98 Å². The number of aryl methyl sites for hydroxylation is 1. The third-order valence-electron chi connectivity index (χ3n) is 4.02. The molecule has 1 aromatic heterocycles. The standard InChI is InChI=1S/C18H24N4O2/c1-11(2)9-20-18(23)14-6-7-15(12(3)8-14)19-10-16-21-17(22-24-16)13-4-5-13/h6-8,11,13,19H,4-5,9-10H2,1-3H3,(H,20,23). The van der Waals surface area contributed by atoms with Crippen LogP contribution in [-0.4, -0.2) is 22.6 Å². The zero-order valence-corrected chi connectivity index (χ0v) is 14.4. The average Bonchev–Trinajstić information content (AvgIpc) is 3.30. The van der Waals surface area contributed by atoms with Crippen LogP contribution in [0, 0.1) is 12.8 Å². The van der Waals surface area contributed by atoms with Crippen LogP contribution in [0.2, 0.25) is 0 Å². The maximum absolute atomic E-state index is 12.1. The first-order valence-corrected chi connectivity index (χ1v) is 8.48. The highest BCUT2D eigenvalue weighted by atomic mass is 16.5. The lowest BCUT2D eigenvalue weighted by Crippen LogP contribution is -2.27. The third kappa shape index (κ3) is 4.13. The Labute approximate surface area is 142 Å². The first-order chi connectivity index (χ1) is 11.5. The minimum atomic E-state index is -0.0377. The summed E-state index contributed by atoms with van der Waals surface area (Å²) in [4.78, 5) is 16.5. The minimum absolute atomic E-state index is 0.0377. The Bertz CT molecular complexity index is 720. The lowest BCUT2D eigenvalue weighted by atomic mass is 10.1. The van der Waals surface area contributed by atoms with E-state index in [1.54, 1.807) is 0 Å². The summed E-state index contributed by atoms with van der Waals surface area (Å²) in [7, 11) is 0. The molecule has 1 aliphatic carbocycles. The molecule has 1 aromatic carbocycles. The van der Waals surface area contributed by atoms with Gasteiger partial charge in [-0.05, 0) is 49.4 Å². The van der Waals surface area contributed by atoms with E-state index in [4.69, 9.17) is 4.52 Å². The first-order valence-electron chi connectivity index (χ1n) is 8.48. The SMILES string of the molecule is Cc1cc(C(=O)NCC(C)C)ccc1NCc1nc(C2CC2)no1. The van der Waals surface area contributed by atoms with Crippen molar-refractivity contribution >= 4 is 11.6 Å². The highest BCUT2D eigenvalue weighted by Gasteiger charge is 2.28. The van der Waals surface area contributed by atoms with Gasteiger partial charge in [0.1, 0.15) is 0 Å². The van der Waals surface area contributed by atoms with E-state index in [1.807, 2.05) is 25.1 Å². The second-order valence-corrected chi connectivity index (χ2v) is 6.81. The van der Waals surface area contributed by atoms with Crippen LogP contribution in [0.4, 0.5) is 5.69 Å². The number of aromatic nitrogens is 2. The molecule has 1 aliphatic rings. The van der Waals surface area contributed by atoms with Crippen LogP contribution in [-0.2, 0) is 6.54 Å². The topological polar surface area (TPSA) is 80.0 Å². The van der Waals surface area contributed by atoms with E-state index >= 15 is 0 Å². The zero-order valence-electron chi connectivity index (χ0n) is 14.4. The second kappa shape index (κ2) is 7.03. The van der Waals surface area contributed by atoms with Gasteiger partial charge in [-0.25, -0.2) is 0 Å². The van der Waals surface area contributed by atoms with E-state index in [-0.39, 0.29) is 5.91 Å². The van der Waals surface area contributed by atoms with Gasteiger partial charge in [-0.15, -0.1) is 0 Å². The molecule has 0 unspecified atom stereocenters. The number of anilines is 1. The number of nitrogens with zero attached hydrogens (tertiary/aromatic N) is 2. The molecule has 1 saturated carbocycles. The predicted octanol–water partition coefficient (Wildman–Crippen LogP) is 3.25. The first kappa shape index (κ1) is 16.5. The van der Waals surface area contributed by atoms with Crippen molar-refractivity contribution in [3.63, 3.8) is 0 Å². The zero-order chi connectivity index (χ0) is 17.1. The van der Waals surface area contributed by atoms with E-state index < -0.39 is 0 Å². The Morgan fingerprint density at radius 3 is 2.83 bits per heavy atom. The molecular formula is C18H24N4O2. The summed E-state index contributed by atoms with van der Waals surface area (Å²) in [6.07, 6.45) is 2.32. The molecule has 1 heterocycles. The Balaban J connectivity index is 1.58. The van der Waals surface area contributed by atoms with Crippen LogP contribution < -0.4 is 10.6 Å². The number of benzene rings is 1. The molecule has 3 rings (SSSR count). The van der Waals surface area contributed by atoms with Gasteiger partial charge >= 0.3 is 0 Å². The number of rotatable bonds is 7. The van der Waals surface area contributed by atoms with Crippen molar-refractivity contribution < 1.29 is 9.32 Å². The van der Waals surface area contributed by atoms with Gasteiger partial charge in [-0.3, -0.25) is 4.79 Å². The molecule has 6 heteroatoms. The number of hydrogen-bond acceptors (Lipinski definition) is 5. The Morgan fingerprint density at radius 2 is 2.17 bits per heavy atom. The summed E-state index contributed by atoms with van der Waals surface area (Å²) in [5, 5.41) is 10.2. The molecule has 6 nitrogen and oxygen atoms in total. The molecule has 128 valence electrons. The fourth-order valence-corrected chi connectivity index (χ4v) is 2.42.